The molecule has 0 aliphatic carbocycles. The van der Waals surface area contributed by atoms with Gasteiger partial charge in [-0.25, -0.2) is 14.8 Å². The smallest absolute Gasteiger partial charge is 0.339 e. The molecule has 2 N–H and O–H groups in total. The lowest BCUT2D eigenvalue weighted by atomic mass is 10.3. The molecule has 5 nitrogen and oxygen atoms in total. The average Bonchev–Trinajstić information content (AvgIpc) is 2.57. The number of pyridine rings is 1. The highest BCUT2D eigenvalue weighted by Crippen LogP contribution is 2.22. The molecule has 0 aliphatic rings. The summed E-state index contributed by atoms with van der Waals surface area (Å²) in [7, 11) is 0. The van der Waals surface area contributed by atoms with Crippen molar-refractivity contribution in [2.75, 3.05) is 12.3 Å². The number of rotatable bonds is 2. The Balaban J connectivity index is 2.41. The summed E-state index contributed by atoms with van der Waals surface area (Å²) in [6.45, 7) is 2.11. The van der Waals surface area contributed by atoms with Gasteiger partial charge in [0.2, 0.25) is 0 Å². The molecule has 0 saturated carbocycles. The molecule has 2 heterocycles. The first-order valence-corrected chi connectivity index (χ1v) is 5.21. The molecule has 15 heavy (non-hydrogen) atoms. The van der Waals surface area contributed by atoms with Gasteiger partial charge in [0.25, 0.3) is 0 Å². The van der Waals surface area contributed by atoms with Crippen LogP contribution in [0.15, 0.2) is 12.3 Å². The molecule has 6 heteroatoms. The lowest BCUT2D eigenvalue weighted by Crippen LogP contribution is -2.04. The number of anilines is 1. The van der Waals surface area contributed by atoms with E-state index in [1.807, 2.05) is 0 Å². The van der Waals surface area contributed by atoms with Gasteiger partial charge in [-0.05, 0) is 13.0 Å². The van der Waals surface area contributed by atoms with E-state index in [2.05, 4.69) is 9.97 Å². The van der Waals surface area contributed by atoms with Crippen molar-refractivity contribution in [2.24, 2.45) is 0 Å². The van der Waals surface area contributed by atoms with Crippen molar-refractivity contribution in [3.8, 4) is 0 Å². The Kier molecular flexibility index (Phi) is 2.51. The van der Waals surface area contributed by atoms with Crippen LogP contribution in [0.4, 0.5) is 5.13 Å². The number of ether oxygens (including phenoxy) is 1. The number of nitrogen functional groups attached to an aromatic ring is 1. The van der Waals surface area contributed by atoms with Crippen LogP contribution in [-0.4, -0.2) is 22.5 Å². The summed E-state index contributed by atoms with van der Waals surface area (Å²) in [6, 6.07) is 1.69. The number of esters is 1. The van der Waals surface area contributed by atoms with Gasteiger partial charge >= 0.3 is 5.97 Å². The highest BCUT2D eigenvalue weighted by atomic mass is 32.1. The highest BCUT2D eigenvalue weighted by Gasteiger charge is 2.10. The fourth-order valence-electron chi connectivity index (χ4n) is 1.16. The fraction of sp³-hybridized carbons (Fsp3) is 0.222. The molecule has 0 unspecified atom stereocenters. The van der Waals surface area contributed by atoms with Crippen LogP contribution in [0.2, 0.25) is 0 Å². The SMILES string of the molecule is CCOC(=O)c1cnc2nc(N)sc2c1. The third-order valence-electron chi connectivity index (χ3n) is 1.77. The topological polar surface area (TPSA) is 78.1 Å². The summed E-state index contributed by atoms with van der Waals surface area (Å²) in [5.74, 6) is -0.376. The van der Waals surface area contributed by atoms with Gasteiger partial charge in [0, 0.05) is 6.20 Å². The number of hydrogen-bond acceptors (Lipinski definition) is 6. The summed E-state index contributed by atoms with van der Waals surface area (Å²) in [5.41, 5.74) is 6.51. The summed E-state index contributed by atoms with van der Waals surface area (Å²) in [6.07, 6.45) is 1.44. The zero-order chi connectivity index (χ0) is 10.8. The van der Waals surface area contributed by atoms with Crippen molar-refractivity contribution in [1.29, 1.82) is 0 Å². The van der Waals surface area contributed by atoms with E-state index >= 15 is 0 Å². The van der Waals surface area contributed by atoms with Crippen LogP contribution in [0.3, 0.4) is 0 Å². The molecule has 0 amide bonds. The lowest BCUT2D eigenvalue weighted by Gasteiger charge is -1.99. The van der Waals surface area contributed by atoms with Gasteiger partial charge in [-0.2, -0.15) is 0 Å². The zero-order valence-corrected chi connectivity index (χ0v) is 8.87. The Hall–Kier alpha value is -1.69. The second kappa shape index (κ2) is 3.82. The van der Waals surface area contributed by atoms with Crippen LogP contribution >= 0.6 is 11.3 Å². The molecule has 0 radical (unpaired) electrons. The molecular weight excluding hydrogens is 214 g/mol. The van der Waals surface area contributed by atoms with E-state index < -0.39 is 0 Å². The monoisotopic (exact) mass is 223 g/mol. The highest BCUT2D eigenvalue weighted by molar-refractivity contribution is 7.22. The Labute approximate surface area is 89.9 Å². The standard InChI is InChI=1S/C9H9N3O2S/c1-2-14-8(13)5-3-6-7(11-4-5)12-9(10)15-6/h3-4H,2H2,1H3,(H2,10,11,12). The van der Waals surface area contributed by atoms with Crippen LogP contribution in [0.25, 0.3) is 10.3 Å². The first kappa shape index (κ1) is 9.85. The van der Waals surface area contributed by atoms with Crippen LogP contribution in [-0.2, 0) is 4.74 Å². The van der Waals surface area contributed by atoms with Crippen molar-refractivity contribution >= 4 is 32.8 Å². The molecule has 0 saturated heterocycles. The van der Waals surface area contributed by atoms with Gasteiger partial charge in [-0.3, -0.25) is 0 Å². The van der Waals surface area contributed by atoms with Crippen LogP contribution < -0.4 is 5.73 Å². The second-order valence-electron chi connectivity index (χ2n) is 2.82. The Bertz CT molecular complexity index is 509. The lowest BCUT2D eigenvalue weighted by molar-refractivity contribution is 0.0526. The maximum absolute atomic E-state index is 11.4. The van der Waals surface area contributed by atoms with Crippen molar-refractivity contribution in [2.45, 2.75) is 6.92 Å². The Morgan fingerprint density at radius 3 is 3.20 bits per heavy atom. The first-order chi connectivity index (χ1) is 7.20. The maximum Gasteiger partial charge on any atom is 0.339 e. The molecule has 0 spiro atoms. The van der Waals surface area contributed by atoms with Gasteiger partial charge < -0.3 is 10.5 Å². The minimum atomic E-state index is -0.376. The third kappa shape index (κ3) is 1.89. The van der Waals surface area contributed by atoms with Gasteiger partial charge in [-0.1, -0.05) is 11.3 Å². The molecule has 0 aromatic carbocycles. The molecule has 0 aliphatic heterocycles. The fourth-order valence-corrected chi connectivity index (χ4v) is 1.90. The van der Waals surface area contributed by atoms with E-state index in [-0.39, 0.29) is 5.97 Å². The zero-order valence-electron chi connectivity index (χ0n) is 8.06. The average molecular weight is 223 g/mol. The normalized spacial score (nSPS) is 10.5. The molecule has 2 aromatic heterocycles. The van der Waals surface area contributed by atoms with E-state index in [1.165, 1.54) is 17.5 Å². The van der Waals surface area contributed by atoms with Gasteiger partial charge in [0.05, 0.1) is 16.9 Å². The van der Waals surface area contributed by atoms with Crippen molar-refractivity contribution in [3.05, 3.63) is 17.8 Å². The van der Waals surface area contributed by atoms with Crippen LogP contribution in [0.1, 0.15) is 17.3 Å². The molecule has 0 atom stereocenters. The summed E-state index contributed by atoms with van der Waals surface area (Å²) in [4.78, 5) is 19.4. The third-order valence-corrected chi connectivity index (χ3v) is 2.60. The summed E-state index contributed by atoms with van der Waals surface area (Å²) in [5, 5.41) is 0.443. The van der Waals surface area contributed by atoms with Crippen molar-refractivity contribution in [1.82, 2.24) is 9.97 Å². The minimum absolute atomic E-state index is 0.349. The minimum Gasteiger partial charge on any atom is -0.462 e. The van der Waals surface area contributed by atoms with E-state index in [4.69, 9.17) is 10.5 Å². The summed E-state index contributed by atoms with van der Waals surface area (Å²) >= 11 is 1.30. The number of fused-ring (bicyclic) bond motifs is 1. The predicted molar refractivity (Wildman–Crippen MR) is 57.8 cm³/mol. The number of nitrogens with zero attached hydrogens (tertiary/aromatic N) is 2. The van der Waals surface area contributed by atoms with Gasteiger partial charge in [0.15, 0.2) is 10.8 Å². The second-order valence-corrected chi connectivity index (χ2v) is 3.88. The molecule has 0 bridgehead atoms. The molecule has 78 valence electrons. The van der Waals surface area contributed by atoms with Crippen LogP contribution in [0, 0.1) is 0 Å². The molecule has 2 rings (SSSR count). The molecule has 0 fully saturated rings. The number of aromatic nitrogens is 2. The first-order valence-electron chi connectivity index (χ1n) is 4.40. The Morgan fingerprint density at radius 1 is 1.67 bits per heavy atom. The number of carbonyl (C=O) groups is 1. The van der Waals surface area contributed by atoms with E-state index in [0.29, 0.717) is 22.9 Å². The Morgan fingerprint density at radius 2 is 2.47 bits per heavy atom. The van der Waals surface area contributed by atoms with E-state index in [9.17, 15) is 4.79 Å². The maximum atomic E-state index is 11.4. The van der Waals surface area contributed by atoms with Crippen molar-refractivity contribution < 1.29 is 9.53 Å². The number of hydrogen-bond donors (Lipinski definition) is 1. The molecule has 2 aromatic rings. The van der Waals surface area contributed by atoms with Gasteiger partial charge in [0.1, 0.15) is 0 Å². The quantitative estimate of drug-likeness (QED) is 0.779. The number of thiazole rings is 1. The largest absolute Gasteiger partial charge is 0.462 e. The number of nitrogens with two attached hydrogens (primary N) is 1. The number of carbonyl (C=O) groups excluding carboxylic acids is 1. The van der Waals surface area contributed by atoms with E-state index in [1.54, 1.807) is 13.0 Å². The summed E-state index contributed by atoms with van der Waals surface area (Å²) < 4.78 is 5.65. The van der Waals surface area contributed by atoms with Gasteiger partial charge in [-0.15, -0.1) is 0 Å². The molecular formula is C9H9N3O2S. The van der Waals surface area contributed by atoms with E-state index in [0.717, 1.165) is 4.70 Å². The van der Waals surface area contributed by atoms with Crippen LogP contribution in [0.5, 0.6) is 0 Å². The van der Waals surface area contributed by atoms with Crippen molar-refractivity contribution in [3.63, 3.8) is 0 Å². The predicted octanol–water partition coefficient (Wildman–Crippen LogP) is 1.45.